The highest BCUT2D eigenvalue weighted by Crippen LogP contribution is 2.30. The van der Waals surface area contributed by atoms with Crippen molar-refractivity contribution < 1.29 is 9.47 Å². The molecule has 0 saturated heterocycles. The van der Waals surface area contributed by atoms with E-state index in [4.69, 9.17) is 32.7 Å². The van der Waals surface area contributed by atoms with Gasteiger partial charge in [0.2, 0.25) is 0 Å². The van der Waals surface area contributed by atoms with Crippen LogP contribution in [0.4, 0.5) is 0 Å². The molecule has 1 aromatic heterocycles. The molecule has 0 spiro atoms. The Balaban J connectivity index is 1.74. The Morgan fingerprint density at radius 2 is 1.81 bits per heavy atom. The SMILES string of the molecule is CCOc1cc(C=Nn2cnnc2)ccc1OCc1ccc(Cl)c(Cl)c1. The van der Waals surface area contributed by atoms with Gasteiger partial charge in [0.05, 0.1) is 22.9 Å². The van der Waals surface area contributed by atoms with E-state index in [1.54, 1.807) is 18.3 Å². The lowest BCUT2D eigenvalue weighted by atomic mass is 10.2. The minimum Gasteiger partial charge on any atom is -0.490 e. The maximum Gasteiger partial charge on any atom is 0.161 e. The van der Waals surface area contributed by atoms with Crippen molar-refractivity contribution in [3.8, 4) is 11.5 Å². The number of halogens is 2. The van der Waals surface area contributed by atoms with Gasteiger partial charge in [-0.25, -0.2) is 4.68 Å². The summed E-state index contributed by atoms with van der Waals surface area (Å²) in [5.41, 5.74) is 1.78. The van der Waals surface area contributed by atoms with Crippen molar-refractivity contribution in [2.75, 3.05) is 6.61 Å². The first-order chi connectivity index (χ1) is 12.7. The van der Waals surface area contributed by atoms with Crippen molar-refractivity contribution in [3.63, 3.8) is 0 Å². The molecule has 8 heteroatoms. The van der Waals surface area contributed by atoms with Crippen LogP contribution < -0.4 is 9.47 Å². The largest absolute Gasteiger partial charge is 0.490 e. The fourth-order valence-corrected chi connectivity index (χ4v) is 2.49. The zero-order valence-corrected chi connectivity index (χ0v) is 15.5. The first kappa shape index (κ1) is 18.2. The summed E-state index contributed by atoms with van der Waals surface area (Å²) >= 11 is 12.0. The van der Waals surface area contributed by atoms with Crippen LogP contribution in [0.5, 0.6) is 11.5 Å². The van der Waals surface area contributed by atoms with Gasteiger partial charge in [-0.3, -0.25) is 0 Å². The molecule has 3 aromatic rings. The van der Waals surface area contributed by atoms with Gasteiger partial charge in [0.25, 0.3) is 0 Å². The molecule has 0 N–H and O–H groups in total. The average Bonchev–Trinajstić information content (AvgIpc) is 3.16. The smallest absolute Gasteiger partial charge is 0.161 e. The van der Waals surface area contributed by atoms with Crippen molar-refractivity contribution in [2.45, 2.75) is 13.5 Å². The van der Waals surface area contributed by atoms with Crippen molar-refractivity contribution in [3.05, 3.63) is 70.2 Å². The molecule has 0 unspecified atom stereocenters. The molecule has 0 fully saturated rings. The molecule has 1 heterocycles. The van der Waals surface area contributed by atoms with Crippen molar-refractivity contribution >= 4 is 29.4 Å². The maximum absolute atomic E-state index is 6.04. The minimum absolute atomic E-state index is 0.352. The third kappa shape index (κ3) is 4.74. The maximum atomic E-state index is 6.04. The summed E-state index contributed by atoms with van der Waals surface area (Å²) in [7, 11) is 0. The van der Waals surface area contributed by atoms with E-state index in [0.717, 1.165) is 11.1 Å². The quantitative estimate of drug-likeness (QED) is 0.559. The first-order valence-corrected chi connectivity index (χ1v) is 8.64. The van der Waals surface area contributed by atoms with Gasteiger partial charge in [0.1, 0.15) is 19.3 Å². The molecule has 6 nitrogen and oxygen atoms in total. The third-order valence-corrected chi connectivity index (χ3v) is 4.13. The van der Waals surface area contributed by atoms with Gasteiger partial charge in [0.15, 0.2) is 11.5 Å². The fraction of sp³-hybridized carbons (Fsp3) is 0.167. The molecule has 0 aliphatic carbocycles. The molecular weight excluding hydrogens is 375 g/mol. The molecule has 3 rings (SSSR count). The van der Waals surface area contributed by atoms with Crippen LogP contribution in [-0.4, -0.2) is 27.7 Å². The number of nitrogens with zero attached hydrogens (tertiary/aromatic N) is 4. The van der Waals surface area contributed by atoms with Gasteiger partial charge in [-0.1, -0.05) is 29.3 Å². The minimum atomic E-state index is 0.352. The van der Waals surface area contributed by atoms with Crippen molar-refractivity contribution in [1.82, 2.24) is 14.9 Å². The Morgan fingerprint density at radius 3 is 2.54 bits per heavy atom. The predicted molar refractivity (Wildman–Crippen MR) is 101 cm³/mol. The number of benzene rings is 2. The summed E-state index contributed by atoms with van der Waals surface area (Å²) in [5.74, 6) is 1.28. The molecule has 0 radical (unpaired) electrons. The standard InChI is InChI=1S/C18H16Cl2N4O2/c1-2-25-18-8-13(9-23-24-11-21-22-12-24)4-6-17(18)26-10-14-3-5-15(19)16(20)7-14/h3-9,11-12H,2,10H2,1H3. The van der Waals surface area contributed by atoms with Crippen LogP contribution in [0, 0.1) is 0 Å². The van der Waals surface area contributed by atoms with E-state index in [0.29, 0.717) is 34.8 Å². The summed E-state index contributed by atoms with van der Waals surface area (Å²) in [4.78, 5) is 0. The normalized spacial score (nSPS) is 11.0. The molecule has 2 aromatic carbocycles. The lowest BCUT2D eigenvalue weighted by molar-refractivity contribution is 0.269. The van der Waals surface area contributed by atoms with E-state index in [1.807, 2.05) is 31.2 Å². The van der Waals surface area contributed by atoms with Crippen LogP contribution in [0.15, 0.2) is 54.2 Å². The summed E-state index contributed by atoms with van der Waals surface area (Å²) in [6.45, 7) is 2.79. The van der Waals surface area contributed by atoms with E-state index in [2.05, 4.69) is 15.3 Å². The number of ether oxygens (including phenoxy) is 2. The Hall–Kier alpha value is -2.57. The highest BCUT2D eigenvalue weighted by atomic mass is 35.5. The summed E-state index contributed by atoms with van der Waals surface area (Å²) in [6.07, 6.45) is 4.71. The third-order valence-electron chi connectivity index (χ3n) is 3.39. The Morgan fingerprint density at radius 1 is 1.00 bits per heavy atom. The van der Waals surface area contributed by atoms with Gasteiger partial charge in [-0.2, -0.15) is 5.10 Å². The zero-order chi connectivity index (χ0) is 18.4. The Labute approximate surface area is 161 Å². The molecule has 0 aliphatic heterocycles. The topological polar surface area (TPSA) is 61.5 Å². The Kier molecular flexibility index (Phi) is 6.09. The summed E-state index contributed by atoms with van der Waals surface area (Å²) in [5, 5.41) is 12.6. The molecular formula is C18H16Cl2N4O2. The molecule has 134 valence electrons. The lowest BCUT2D eigenvalue weighted by Crippen LogP contribution is -2.00. The lowest BCUT2D eigenvalue weighted by Gasteiger charge is -2.13. The van der Waals surface area contributed by atoms with Gasteiger partial charge in [-0.05, 0) is 48.4 Å². The summed E-state index contributed by atoms with van der Waals surface area (Å²) in [6, 6.07) is 11.0. The number of hydrogen-bond acceptors (Lipinski definition) is 5. The second kappa shape index (κ2) is 8.69. The summed E-state index contributed by atoms with van der Waals surface area (Å²) < 4.78 is 13.1. The van der Waals surface area contributed by atoms with Crippen molar-refractivity contribution in [1.29, 1.82) is 0 Å². The zero-order valence-electron chi connectivity index (χ0n) is 14.0. The molecule has 0 atom stereocenters. The molecule has 26 heavy (non-hydrogen) atoms. The second-order valence-corrected chi connectivity index (χ2v) is 6.08. The van der Waals surface area contributed by atoms with E-state index >= 15 is 0 Å². The van der Waals surface area contributed by atoms with Crippen LogP contribution in [-0.2, 0) is 6.61 Å². The van der Waals surface area contributed by atoms with Gasteiger partial charge >= 0.3 is 0 Å². The molecule has 0 aliphatic rings. The number of aromatic nitrogens is 3. The van der Waals surface area contributed by atoms with Gasteiger partial charge in [0, 0.05) is 0 Å². The van der Waals surface area contributed by atoms with Gasteiger partial charge in [-0.15, -0.1) is 10.2 Å². The van der Waals surface area contributed by atoms with Crippen molar-refractivity contribution in [2.24, 2.45) is 5.10 Å². The van der Waals surface area contributed by atoms with E-state index in [9.17, 15) is 0 Å². The molecule has 0 amide bonds. The number of hydrogen-bond donors (Lipinski definition) is 0. The van der Waals surface area contributed by atoms with E-state index in [-0.39, 0.29) is 0 Å². The average molecular weight is 391 g/mol. The number of rotatable bonds is 7. The highest BCUT2D eigenvalue weighted by Gasteiger charge is 2.07. The highest BCUT2D eigenvalue weighted by molar-refractivity contribution is 6.42. The van der Waals surface area contributed by atoms with Gasteiger partial charge < -0.3 is 9.47 Å². The Bertz CT molecular complexity index is 898. The van der Waals surface area contributed by atoms with Crippen LogP contribution in [0.2, 0.25) is 10.0 Å². The second-order valence-electron chi connectivity index (χ2n) is 5.26. The van der Waals surface area contributed by atoms with Crippen LogP contribution in [0.1, 0.15) is 18.1 Å². The van der Waals surface area contributed by atoms with E-state index < -0.39 is 0 Å². The fourth-order valence-electron chi connectivity index (χ4n) is 2.17. The monoisotopic (exact) mass is 390 g/mol. The molecule has 0 bridgehead atoms. The van der Waals surface area contributed by atoms with E-state index in [1.165, 1.54) is 17.3 Å². The molecule has 0 saturated carbocycles. The van der Waals surface area contributed by atoms with Crippen LogP contribution in [0.3, 0.4) is 0 Å². The van der Waals surface area contributed by atoms with Crippen LogP contribution >= 0.6 is 23.2 Å². The van der Waals surface area contributed by atoms with Crippen LogP contribution in [0.25, 0.3) is 0 Å². The predicted octanol–water partition coefficient (Wildman–Crippen LogP) is 4.44. The first-order valence-electron chi connectivity index (χ1n) is 7.88.